The molecule has 102 valence electrons. The second kappa shape index (κ2) is 7.00. The predicted octanol–water partition coefficient (Wildman–Crippen LogP) is 1.77. The van der Waals surface area contributed by atoms with E-state index in [0.717, 1.165) is 0 Å². The summed E-state index contributed by atoms with van der Waals surface area (Å²) < 4.78 is 5.13. The van der Waals surface area contributed by atoms with E-state index in [-0.39, 0.29) is 12.5 Å². The minimum Gasteiger partial charge on any atom is -0.459 e. The van der Waals surface area contributed by atoms with Crippen molar-refractivity contribution in [3.05, 3.63) is 0 Å². The van der Waals surface area contributed by atoms with Gasteiger partial charge in [-0.1, -0.05) is 6.92 Å². The molecule has 0 spiro atoms. The zero-order chi connectivity index (χ0) is 14.3. The predicted molar refractivity (Wildman–Crippen MR) is 67.5 cm³/mol. The number of nitrogens with zero attached hydrogens (tertiary/aromatic N) is 1. The van der Waals surface area contributed by atoms with E-state index in [0.29, 0.717) is 6.42 Å². The lowest BCUT2D eigenvalue weighted by molar-refractivity contribution is -0.161. The fraction of sp³-hybridized carbons (Fsp3) is 0.769. The minimum absolute atomic E-state index is 0.215. The average molecular weight is 254 g/mol. The Hall–Kier alpha value is -1.57. The summed E-state index contributed by atoms with van der Waals surface area (Å²) in [6.07, 6.45) is 0.892. The molecular weight excluding hydrogens is 232 g/mol. The Kier molecular flexibility index (Phi) is 6.39. The van der Waals surface area contributed by atoms with Gasteiger partial charge in [0.25, 0.3) is 0 Å². The number of ether oxygens (including phenoxy) is 1. The largest absolute Gasteiger partial charge is 0.459 e. The molecule has 1 amide bonds. The van der Waals surface area contributed by atoms with E-state index in [1.54, 1.807) is 20.8 Å². The van der Waals surface area contributed by atoms with Gasteiger partial charge in [0, 0.05) is 6.04 Å². The van der Waals surface area contributed by atoms with E-state index >= 15 is 0 Å². The van der Waals surface area contributed by atoms with Gasteiger partial charge in [0.05, 0.1) is 12.5 Å². The maximum absolute atomic E-state index is 11.8. The van der Waals surface area contributed by atoms with Crippen molar-refractivity contribution in [1.29, 1.82) is 5.26 Å². The second-order valence-electron chi connectivity index (χ2n) is 5.23. The molecule has 0 aliphatic rings. The molecule has 2 atom stereocenters. The van der Waals surface area contributed by atoms with Crippen LogP contribution in [0.15, 0.2) is 0 Å². The van der Waals surface area contributed by atoms with Crippen LogP contribution < -0.4 is 5.32 Å². The van der Waals surface area contributed by atoms with E-state index in [1.807, 2.05) is 13.0 Å². The molecule has 0 saturated heterocycles. The number of carbonyl (C=O) groups is 2. The summed E-state index contributed by atoms with van der Waals surface area (Å²) in [5, 5.41) is 11.3. The van der Waals surface area contributed by atoms with Crippen molar-refractivity contribution in [2.45, 2.75) is 59.1 Å². The van der Waals surface area contributed by atoms with E-state index < -0.39 is 23.4 Å². The number of hydrogen-bond acceptors (Lipinski definition) is 4. The smallest absolute Gasteiger partial charge is 0.318 e. The molecule has 0 saturated carbocycles. The molecule has 0 fully saturated rings. The first-order valence-electron chi connectivity index (χ1n) is 6.11. The first kappa shape index (κ1) is 16.4. The normalized spacial score (nSPS) is 14.2. The first-order valence-corrected chi connectivity index (χ1v) is 6.11. The van der Waals surface area contributed by atoms with Crippen molar-refractivity contribution in [2.75, 3.05) is 0 Å². The van der Waals surface area contributed by atoms with Gasteiger partial charge >= 0.3 is 5.97 Å². The van der Waals surface area contributed by atoms with E-state index in [4.69, 9.17) is 10.00 Å². The first-order chi connectivity index (χ1) is 8.21. The maximum atomic E-state index is 11.8. The van der Waals surface area contributed by atoms with Gasteiger partial charge in [0.15, 0.2) is 0 Å². The summed E-state index contributed by atoms with van der Waals surface area (Å²) in [7, 11) is 0. The van der Waals surface area contributed by atoms with Gasteiger partial charge in [-0.2, -0.15) is 5.26 Å². The van der Waals surface area contributed by atoms with E-state index in [2.05, 4.69) is 5.32 Å². The monoisotopic (exact) mass is 254 g/mol. The van der Waals surface area contributed by atoms with Crippen molar-refractivity contribution in [3.63, 3.8) is 0 Å². The number of rotatable bonds is 5. The number of nitriles is 1. The quantitative estimate of drug-likeness (QED) is 0.599. The molecule has 0 radical (unpaired) electrons. The number of hydrogen-bond donors (Lipinski definition) is 1. The van der Waals surface area contributed by atoms with Crippen molar-refractivity contribution < 1.29 is 14.3 Å². The highest BCUT2D eigenvalue weighted by molar-refractivity contribution is 5.97. The van der Waals surface area contributed by atoms with Crippen LogP contribution in [0.5, 0.6) is 0 Å². The molecule has 0 aliphatic carbocycles. The van der Waals surface area contributed by atoms with Gasteiger partial charge in [-0.05, 0) is 34.1 Å². The van der Waals surface area contributed by atoms with Gasteiger partial charge in [0.1, 0.15) is 11.5 Å². The maximum Gasteiger partial charge on any atom is 0.318 e. The van der Waals surface area contributed by atoms with Gasteiger partial charge < -0.3 is 10.1 Å². The zero-order valence-corrected chi connectivity index (χ0v) is 11.7. The Bertz CT molecular complexity index is 339. The molecule has 0 aromatic heterocycles. The van der Waals surface area contributed by atoms with Crippen LogP contribution in [-0.2, 0) is 14.3 Å². The molecule has 0 rings (SSSR count). The summed E-state index contributed by atoms with van der Waals surface area (Å²) in [5.41, 5.74) is -0.609. The van der Waals surface area contributed by atoms with Crippen LogP contribution in [0.4, 0.5) is 0 Å². The zero-order valence-electron chi connectivity index (χ0n) is 11.7. The molecule has 0 aliphatic heterocycles. The summed E-state index contributed by atoms with van der Waals surface area (Å²) >= 11 is 0. The van der Waals surface area contributed by atoms with Crippen molar-refractivity contribution >= 4 is 11.9 Å². The van der Waals surface area contributed by atoms with Crippen LogP contribution in [0.1, 0.15) is 47.5 Å². The number of amides is 1. The summed E-state index contributed by atoms with van der Waals surface area (Å²) in [6, 6.07) is 1.78. The third-order valence-corrected chi connectivity index (χ3v) is 2.33. The van der Waals surface area contributed by atoms with Gasteiger partial charge in [0.2, 0.25) is 5.91 Å². The van der Waals surface area contributed by atoms with Crippen molar-refractivity contribution in [1.82, 2.24) is 5.32 Å². The minimum atomic E-state index is -0.864. The summed E-state index contributed by atoms with van der Waals surface area (Å²) in [5.74, 6) is -1.81. The molecule has 0 aromatic carbocycles. The standard InChI is InChI=1S/C13H22N2O3/c1-6-10(7-8-14)15-11(16)9(2)12(17)18-13(3,4)5/h9-10H,6-7H2,1-5H3,(H,15,16). The number of esters is 1. The molecule has 5 nitrogen and oxygen atoms in total. The van der Waals surface area contributed by atoms with Crippen LogP contribution in [0.2, 0.25) is 0 Å². The topological polar surface area (TPSA) is 79.2 Å². The van der Waals surface area contributed by atoms with Crippen LogP contribution in [0.3, 0.4) is 0 Å². The highest BCUT2D eigenvalue weighted by Gasteiger charge is 2.28. The Morgan fingerprint density at radius 3 is 2.33 bits per heavy atom. The van der Waals surface area contributed by atoms with Crippen molar-refractivity contribution in [2.24, 2.45) is 5.92 Å². The molecule has 2 unspecified atom stereocenters. The summed E-state index contributed by atoms with van der Waals surface area (Å²) in [6.45, 7) is 8.63. The molecule has 18 heavy (non-hydrogen) atoms. The van der Waals surface area contributed by atoms with Crippen LogP contribution in [0, 0.1) is 17.2 Å². The van der Waals surface area contributed by atoms with Gasteiger partial charge in [-0.15, -0.1) is 0 Å². The van der Waals surface area contributed by atoms with E-state index in [9.17, 15) is 9.59 Å². The van der Waals surface area contributed by atoms with Gasteiger partial charge in [-0.25, -0.2) is 0 Å². The highest BCUT2D eigenvalue weighted by atomic mass is 16.6. The number of nitrogens with one attached hydrogen (secondary N) is 1. The fourth-order valence-electron chi connectivity index (χ4n) is 1.23. The lowest BCUT2D eigenvalue weighted by Gasteiger charge is -2.23. The fourth-order valence-corrected chi connectivity index (χ4v) is 1.23. The van der Waals surface area contributed by atoms with Crippen LogP contribution in [-0.4, -0.2) is 23.5 Å². The third-order valence-electron chi connectivity index (χ3n) is 2.33. The highest BCUT2D eigenvalue weighted by Crippen LogP contribution is 2.11. The van der Waals surface area contributed by atoms with Gasteiger partial charge in [-0.3, -0.25) is 9.59 Å². The molecule has 0 aromatic rings. The van der Waals surface area contributed by atoms with Crippen LogP contribution >= 0.6 is 0 Å². The van der Waals surface area contributed by atoms with Crippen molar-refractivity contribution in [3.8, 4) is 6.07 Å². The molecule has 5 heteroatoms. The average Bonchev–Trinajstić information content (AvgIpc) is 2.24. The Morgan fingerprint density at radius 1 is 1.39 bits per heavy atom. The molecular formula is C13H22N2O3. The van der Waals surface area contributed by atoms with Crippen LogP contribution in [0.25, 0.3) is 0 Å². The second-order valence-corrected chi connectivity index (χ2v) is 5.23. The SMILES string of the molecule is CCC(CC#N)NC(=O)C(C)C(=O)OC(C)(C)C. The molecule has 0 bridgehead atoms. The molecule has 1 N–H and O–H groups in total. The lowest BCUT2D eigenvalue weighted by atomic mass is 10.1. The Morgan fingerprint density at radius 2 is 1.94 bits per heavy atom. The lowest BCUT2D eigenvalue weighted by Crippen LogP contribution is -2.42. The Balaban J connectivity index is 4.42. The summed E-state index contributed by atoms with van der Waals surface area (Å²) in [4.78, 5) is 23.5. The third kappa shape index (κ3) is 6.24. The number of carbonyl (C=O) groups excluding carboxylic acids is 2. The molecule has 0 heterocycles. The van der Waals surface area contributed by atoms with E-state index in [1.165, 1.54) is 6.92 Å². The Labute approximate surface area is 108 Å².